The summed E-state index contributed by atoms with van der Waals surface area (Å²) in [4.78, 5) is 17.4. The van der Waals surface area contributed by atoms with Crippen LogP contribution in [0.2, 0.25) is 0 Å². The molecular formula is C22H29N3O2S. The number of benzene rings is 2. The zero-order valence-corrected chi connectivity index (χ0v) is 17.2. The molecule has 1 saturated heterocycles. The SMILES string of the molecule is CN(CCS(=O)c1ccccc1)CC1CCN(C(=O)Nc2ccccc2)CC1. The summed E-state index contributed by atoms with van der Waals surface area (Å²) in [5.74, 6) is 1.23. The van der Waals surface area contributed by atoms with Crippen molar-refractivity contribution in [1.29, 1.82) is 0 Å². The Labute approximate surface area is 170 Å². The number of likely N-dealkylation sites (tertiary alicyclic amines) is 1. The van der Waals surface area contributed by atoms with Gasteiger partial charge in [-0.15, -0.1) is 0 Å². The Kier molecular flexibility index (Phi) is 7.62. The minimum absolute atomic E-state index is 0.0173. The van der Waals surface area contributed by atoms with Crippen LogP contribution in [-0.2, 0) is 10.8 Å². The third-order valence-corrected chi connectivity index (χ3v) is 6.51. The average molecular weight is 400 g/mol. The third-order valence-electron chi connectivity index (χ3n) is 5.16. The highest BCUT2D eigenvalue weighted by Gasteiger charge is 2.23. The van der Waals surface area contributed by atoms with E-state index in [0.717, 1.165) is 49.6 Å². The van der Waals surface area contributed by atoms with Crippen molar-refractivity contribution in [3.05, 3.63) is 60.7 Å². The van der Waals surface area contributed by atoms with Gasteiger partial charge >= 0.3 is 6.03 Å². The molecule has 1 fully saturated rings. The van der Waals surface area contributed by atoms with Crippen molar-refractivity contribution in [1.82, 2.24) is 9.80 Å². The van der Waals surface area contributed by atoms with Crippen molar-refractivity contribution in [2.75, 3.05) is 44.3 Å². The fourth-order valence-corrected chi connectivity index (χ4v) is 4.68. The fourth-order valence-electron chi connectivity index (χ4n) is 3.50. The molecule has 1 aliphatic rings. The second-order valence-corrected chi connectivity index (χ2v) is 8.92. The van der Waals surface area contributed by atoms with Crippen molar-refractivity contribution in [3.63, 3.8) is 0 Å². The van der Waals surface area contributed by atoms with Crippen LogP contribution in [0.1, 0.15) is 12.8 Å². The van der Waals surface area contributed by atoms with E-state index in [-0.39, 0.29) is 6.03 Å². The van der Waals surface area contributed by atoms with Gasteiger partial charge in [-0.1, -0.05) is 36.4 Å². The molecule has 1 atom stereocenters. The molecule has 28 heavy (non-hydrogen) atoms. The molecule has 2 aromatic carbocycles. The summed E-state index contributed by atoms with van der Waals surface area (Å²) in [6, 6.07) is 19.2. The van der Waals surface area contributed by atoms with Gasteiger partial charge in [-0.3, -0.25) is 4.21 Å². The lowest BCUT2D eigenvalue weighted by Crippen LogP contribution is -2.43. The number of para-hydroxylation sites is 1. The first-order valence-electron chi connectivity index (χ1n) is 9.85. The van der Waals surface area contributed by atoms with Gasteiger partial charge in [0.15, 0.2) is 0 Å². The van der Waals surface area contributed by atoms with Crippen molar-refractivity contribution < 1.29 is 9.00 Å². The normalized spacial score (nSPS) is 16.1. The predicted molar refractivity (Wildman–Crippen MR) is 115 cm³/mol. The molecule has 0 spiro atoms. The molecule has 150 valence electrons. The standard InChI is InChI=1S/C22H29N3O2S/c1-24(16-17-28(27)21-10-6-3-7-11-21)18-19-12-14-25(15-13-19)22(26)23-20-8-4-2-5-9-20/h2-11,19H,12-18H2,1H3,(H,23,26). The Balaban J connectivity index is 1.36. The van der Waals surface area contributed by atoms with Crippen LogP contribution in [0.3, 0.4) is 0 Å². The van der Waals surface area contributed by atoms with Gasteiger partial charge in [0.2, 0.25) is 0 Å². The fraction of sp³-hybridized carbons (Fsp3) is 0.409. The van der Waals surface area contributed by atoms with Crippen molar-refractivity contribution >= 4 is 22.5 Å². The maximum absolute atomic E-state index is 12.4. The van der Waals surface area contributed by atoms with E-state index in [1.165, 1.54) is 0 Å². The topological polar surface area (TPSA) is 52.7 Å². The van der Waals surface area contributed by atoms with Crippen LogP contribution >= 0.6 is 0 Å². The molecule has 0 bridgehead atoms. The first-order chi connectivity index (χ1) is 13.6. The van der Waals surface area contributed by atoms with Crippen LogP contribution in [-0.4, -0.2) is 59.0 Å². The molecule has 0 aromatic heterocycles. The van der Waals surface area contributed by atoms with Gasteiger partial charge in [0.25, 0.3) is 0 Å². The van der Waals surface area contributed by atoms with Gasteiger partial charge in [0.05, 0.1) is 10.8 Å². The van der Waals surface area contributed by atoms with Gasteiger partial charge < -0.3 is 15.1 Å². The molecule has 0 saturated carbocycles. The molecule has 2 amide bonds. The molecule has 1 N–H and O–H groups in total. The Morgan fingerprint density at radius 1 is 1.07 bits per heavy atom. The van der Waals surface area contributed by atoms with E-state index in [1.807, 2.05) is 65.6 Å². The number of rotatable bonds is 7. The Bertz CT molecular complexity index is 762. The number of hydrogen-bond donors (Lipinski definition) is 1. The number of piperidine rings is 1. The number of anilines is 1. The van der Waals surface area contributed by atoms with Crippen LogP contribution < -0.4 is 5.32 Å². The summed E-state index contributed by atoms with van der Waals surface area (Å²) in [5.41, 5.74) is 0.834. The van der Waals surface area contributed by atoms with E-state index in [2.05, 4.69) is 17.3 Å². The number of carbonyl (C=O) groups is 1. The molecule has 1 unspecified atom stereocenters. The Morgan fingerprint density at radius 3 is 2.32 bits per heavy atom. The Morgan fingerprint density at radius 2 is 1.68 bits per heavy atom. The highest BCUT2D eigenvalue weighted by atomic mass is 32.2. The van der Waals surface area contributed by atoms with Crippen molar-refractivity contribution in [2.45, 2.75) is 17.7 Å². The van der Waals surface area contributed by atoms with Crippen LogP contribution in [0.15, 0.2) is 65.6 Å². The molecule has 1 heterocycles. The lowest BCUT2D eigenvalue weighted by atomic mass is 9.96. The maximum atomic E-state index is 12.4. The second kappa shape index (κ2) is 10.4. The summed E-state index contributed by atoms with van der Waals surface area (Å²) < 4.78 is 12.3. The average Bonchev–Trinajstić information content (AvgIpc) is 2.74. The van der Waals surface area contributed by atoms with Crippen molar-refractivity contribution in [2.24, 2.45) is 5.92 Å². The summed E-state index contributed by atoms with van der Waals surface area (Å²) in [5, 5.41) is 2.96. The van der Waals surface area contributed by atoms with Crippen LogP contribution in [0.25, 0.3) is 0 Å². The van der Waals surface area contributed by atoms with Gasteiger partial charge in [-0.2, -0.15) is 0 Å². The zero-order chi connectivity index (χ0) is 19.8. The summed E-state index contributed by atoms with van der Waals surface area (Å²) in [7, 11) is 1.15. The minimum atomic E-state index is -0.945. The van der Waals surface area contributed by atoms with Gasteiger partial charge in [0, 0.05) is 42.5 Å². The molecule has 5 nitrogen and oxygen atoms in total. The smallest absolute Gasteiger partial charge is 0.321 e. The number of urea groups is 1. The first-order valence-corrected chi connectivity index (χ1v) is 11.2. The van der Waals surface area contributed by atoms with E-state index in [1.54, 1.807) is 0 Å². The van der Waals surface area contributed by atoms with E-state index in [4.69, 9.17) is 0 Å². The number of carbonyl (C=O) groups excluding carboxylic acids is 1. The molecule has 0 aliphatic carbocycles. The number of nitrogens with one attached hydrogen (secondary N) is 1. The number of hydrogen-bond acceptors (Lipinski definition) is 3. The lowest BCUT2D eigenvalue weighted by Gasteiger charge is -2.34. The van der Waals surface area contributed by atoms with Crippen LogP contribution in [0, 0.1) is 5.92 Å². The maximum Gasteiger partial charge on any atom is 0.321 e. The Hall–Kier alpha value is -2.18. The highest BCUT2D eigenvalue weighted by molar-refractivity contribution is 7.85. The second-order valence-electron chi connectivity index (χ2n) is 7.35. The highest BCUT2D eigenvalue weighted by Crippen LogP contribution is 2.19. The van der Waals surface area contributed by atoms with E-state index in [9.17, 15) is 9.00 Å². The van der Waals surface area contributed by atoms with E-state index in [0.29, 0.717) is 11.7 Å². The number of nitrogens with zero attached hydrogens (tertiary/aromatic N) is 2. The zero-order valence-electron chi connectivity index (χ0n) is 16.4. The lowest BCUT2D eigenvalue weighted by molar-refractivity contribution is 0.165. The molecule has 0 radical (unpaired) electrons. The first kappa shape index (κ1) is 20.6. The monoisotopic (exact) mass is 399 g/mol. The van der Waals surface area contributed by atoms with Crippen LogP contribution in [0.5, 0.6) is 0 Å². The molecule has 3 rings (SSSR count). The van der Waals surface area contributed by atoms with Gasteiger partial charge in [-0.05, 0) is 50.1 Å². The predicted octanol–water partition coefficient (Wildman–Crippen LogP) is 3.67. The summed E-state index contributed by atoms with van der Waals surface area (Å²) >= 11 is 0. The molecular weight excluding hydrogens is 370 g/mol. The van der Waals surface area contributed by atoms with E-state index >= 15 is 0 Å². The molecule has 1 aliphatic heterocycles. The number of amides is 2. The summed E-state index contributed by atoms with van der Waals surface area (Å²) in [6.07, 6.45) is 2.02. The quantitative estimate of drug-likeness (QED) is 0.773. The third kappa shape index (κ3) is 6.17. The minimum Gasteiger partial charge on any atom is -0.325 e. The van der Waals surface area contributed by atoms with E-state index < -0.39 is 10.8 Å². The van der Waals surface area contributed by atoms with Gasteiger partial charge in [-0.25, -0.2) is 4.79 Å². The summed E-state index contributed by atoms with van der Waals surface area (Å²) in [6.45, 7) is 3.37. The van der Waals surface area contributed by atoms with Gasteiger partial charge in [0.1, 0.15) is 0 Å². The van der Waals surface area contributed by atoms with Crippen molar-refractivity contribution in [3.8, 4) is 0 Å². The largest absolute Gasteiger partial charge is 0.325 e. The molecule has 6 heteroatoms. The van der Waals surface area contributed by atoms with Crippen LogP contribution in [0.4, 0.5) is 10.5 Å². The molecule has 2 aromatic rings.